The molecule has 86 valence electrons. The molecular formula is C15H12N3+. The third-order valence-corrected chi connectivity index (χ3v) is 3.14. The highest BCUT2D eigenvalue weighted by Gasteiger charge is 2.14. The normalized spacial score (nSPS) is 10.4. The topological polar surface area (TPSA) is 32.8 Å². The number of pyridine rings is 1. The van der Waals surface area contributed by atoms with Gasteiger partial charge in [0.2, 0.25) is 0 Å². The Kier molecular flexibility index (Phi) is 2.35. The second-order valence-electron chi connectivity index (χ2n) is 4.23. The zero-order chi connectivity index (χ0) is 12.5. The van der Waals surface area contributed by atoms with Crippen LogP contribution in [-0.4, -0.2) is 4.57 Å². The molecule has 0 unspecified atom stereocenters. The lowest BCUT2D eigenvalue weighted by Crippen LogP contribution is -2.17. The Morgan fingerprint density at radius 2 is 1.89 bits per heavy atom. The third-order valence-electron chi connectivity index (χ3n) is 3.14. The molecule has 0 atom stereocenters. The Hall–Kier alpha value is -2.60. The first kappa shape index (κ1) is 10.5. The first-order valence-corrected chi connectivity index (χ1v) is 5.76. The van der Waals surface area contributed by atoms with E-state index in [1.54, 1.807) is 0 Å². The fourth-order valence-corrected chi connectivity index (χ4v) is 2.17. The molecule has 0 amide bonds. The number of nitriles is 1. The largest absolute Gasteiger partial charge is 0.286 e. The third kappa shape index (κ3) is 1.56. The molecule has 3 rings (SSSR count). The van der Waals surface area contributed by atoms with Crippen LogP contribution in [0.3, 0.4) is 0 Å². The molecule has 2 heterocycles. The number of benzene rings is 1. The Morgan fingerprint density at radius 1 is 1.11 bits per heavy atom. The van der Waals surface area contributed by atoms with Gasteiger partial charge in [0.15, 0.2) is 5.69 Å². The number of fused-ring (bicyclic) bond motifs is 1. The van der Waals surface area contributed by atoms with Gasteiger partial charge in [-0.3, -0.25) is 0 Å². The number of nitrogens with zero attached hydrogens (tertiary/aromatic N) is 3. The lowest BCUT2D eigenvalue weighted by molar-refractivity contribution is -0.510. The first-order valence-electron chi connectivity index (χ1n) is 5.76. The number of hydrogen-bond donors (Lipinski definition) is 0. The quantitative estimate of drug-likeness (QED) is 0.595. The van der Waals surface area contributed by atoms with Gasteiger partial charge in [0.1, 0.15) is 6.20 Å². The van der Waals surface area contributed by atoms with E-state index in [0.717, 1.165) is 16.9 Å². The second-order valence-corrected chi connectivity index (χ2v) is 4.23. The predicted molar refractivity (Wildman–Crippen MR) is 68.7 cm³/mol. The average Bonchev–Trinajstić information content (AvgIpc) is 2.77. The minimum atomic E-state index is 0.685. The average molecular weight is 234 g/mol. The zero-order valence-corrected chi connectivity index (χ0v) is 10.0. The van der Waals surface area contributed by atoms with Crippen molar-refractivity contribution < 1.29 is 4.40 Å². The maximum atomic E-state index is 8.81. The molecule has 0 radical (unpaired) electrons. The molecule has 0 bridgehead atoms. The molecule has 0 saturated heterocycles. The molecule has 18 heavy (non-hydrogen) atoms. The fraction of sp³-hybridized carbons (Fsp3) is 0.0667. The van der Waals surface area contributed by atoms with Gasteiger partial charge < -0.3 is 0 Å². The van der Waals surface area contributed by atoms with Crippen LogP contribution >= 0.6 is 0 Å². The van der Waals surface area contributed by atoms with Crippen molar-refractivity contribution in [2.45, 2.75) is 0 Å². The monoisotopic (exact) mass is 234 g/mol. The second kappa shape index (κ2) is 4.01. The van der Waals surface area contributed by atoms with Crippen LogP contribution in [0.4, 0.5) is 0 Å². The minimum absolute atomic E-state index is 0.685. The molecule has 0 aliphatic rings. The van der Waals surface area contributed by atoms with Crippen LogP contribution in [0, 0.1) is 11.3 Å². The summed E-state index contributed by atoms with van der Waals surface area (Å²) < 4.78 is 4.23. The molecular weight excluding hydrogens is 222 g/mol. The summed E-state index contributed by atoms with van der Waals surface area (Å²) in [6.07, 6.45) is 4.12. The van der Waals surface area contributed by atoms with E-state index in [0.29, 0.717) is 5.56 Å². The van der Waals surface area contributed by atoms with E-state index >= 15 is 0 Å². The van der Waals surface area contributed by atoms with Gasteiger partial charge in [0.25, 0.3) is 5.65 Å². The summed E-state index contributed by atoms with van der Waals surface area (Å²) in [6.45, 7) is 0. The summed E-state index contributed by atoms with van der Waals surface area (Å²) in [5.41, 5.74) is 4.06. The standard InChI is InChI=1S/C15H12N3/c1-17-14(11-18-9-3-2-4-15(17)18)13-7-5-12(10-16)6-8-13/h2-9,11H,1H3/q+1. The Labute approximate surface area is 105 Å². The van der Waals surface area contributed by atoms with Gasteiger partial charge in [-0.2, -0.15) is 5.26 Å². The van der Waals surface area contributed by atoms with Crippen LogP contribution in [0.2, 0.25) is 0 Å². The maximum Gasteiger partial charge on any atom is 0.286 e. The number of hydrogen-bond acceptors (Lipinski definition) is 1. The van der Waals surface area contributed by atoms with E-state index in [1.807, 2.05) is 49.6 Å². The van der Waals surface area contributed by atoms with Crippen molar-refractivity contribution >= 4 is 5.65 Å². The van der Waals surface area contributed by atoms with Crippen molar-refractivity contribution in [2.75, 3.05) is 0 Å². The first-order chi connectivity index (χ1) is 8.79. The van der Waals surface area contributed by atoms with Gasteiger partial charge in [-0.15, -0.1) is 0 Å². The van der Waals surface area contributed by atoms with Crippen LogP contribution in [-0.2, 0) is 7.05 Å². The molecule has 0 aliphatic carbocycles. The Morgan fingerprint density at radius 3 is 2.56 bits per heavy atom. The minimum Gasteiger partial charge on any atom is -0.226 e. The lowest BCUT2D eigenvalue weighted by atomic mass is 10.1. The summed E-state index contributed by atoms with van der Waals surface area (Å²) in [6, 6.07) is 15.9. The van der Waals surface area contributed by atoms with Crippen LogP contribution in [0.5, 0.6) is 0 Å². The highest BCUT2D eigenvalue weighted by atomic mass is 15.1. The van der Waals surface area contributed by atoms with E-state index < -0.39 is 0 Å². The maximum absolute atomic E-state index is 8.81. The number of imidazole rings is 1. The summed E-state index contributed by atoms with van der Waals surface area (Å²) >= 11 is 0. The van der Waals surface area contributed by atoms with Gasteiger partial charge in [0.05, 0.1) is 24.9 Å². The number of aryl methyl sites for hydroxylation is 1. The lowest BCUT2D eigenvalue weighted by Gasteiger charge is -1.96. The van der Waals surface area contributed by atoms with Crippen molar-refractivity contribution in [3.63, 3.8) is 0 Å². The van der Waals surface area contributed by atoms with Crippen LogP contribution in [0.15, 0.2) is 54.9 Å². The van der Waals surface area contributed by atoms with Crippen molar-refractivity contribution in [3.8, 4) is 17.3 Å². The molecule has 1 aromatic carbocycles. The highest BCUT2D eigenvalue weighted by Crippen LogP contribution is 2.19. The molecule has 0 fully saturated rings. The van der Waals surface area contributed by atoms with Gasteiger partial charge in [-0.25, -0.2) is 8.97 Å². The van der Waals surface area contributed by atoms with E-state index in [1.165, 1.54) is 0 Å². The van der Waals surface area contributed by atoms with Crippen molar-refractivity contribution in [3.05, 3.63) is 60.4 Å². The molecule has 3 heteroatoms. The van der Waals surface area contributed by atoms with Crippen LogP contribution in [0.25, 0.3) is 16.9 Å². The molecule has 0 saturated carbocycles. The zero-order valence-electron chi connectivity index (χ0n) is 10.0. The fourth-order valence-electron chi connectivity index (χ4n) is 2.17. The van der Waals surface area contributed by atoms with Crippen molar-refractivity contribution in [1.29, 1.82) is 5.26 Å². The number of aromatic nitrogens is 2. The van der Waals surface area contributed by atoms with Gasteiger partial charge >= 0.3 is 0 Å². The molecule has 2 aromatic heterocycles. The van der Waals surface area contributed by atoms with E-state index in [9.17, 15) is 0 Å². The summed E-state index contributed by atoms with van der Waals surface area (Å²) in [5.74, 6) is 0. The van der Waals surface area contributed by atoms with Crippen molar-refractivity contribution in [2.24, 2.45) is 7.05 Å². The van der Waals surface area contributed by atoms with E-state index in [-0.39, 0.29) is 0 Å². The van der Waals surface area contributed by atoms with Crippen molar-refractivity contribution in [1.82, 2.24) is 4.57 Å². The molecule has 0 N–H and O–H groups in total. The van der Waals surface area contributed by atoms with Gasteiger partial charge in [-0.1, -0.05) is 6.07 Å². The smallest absolute Gasteiger partial charge is 0.226 e. The molecule has 3 aromatic rings. The van der Waals surface area contributed by atoms with Gasteiger partial charge in [0, 0.05) is 11.6 Å². The van der Waals surface area contributed by atoms with Crippen LogP contribution < -0.4 is 4.40 Å². The molecule has 0 spiro atoms. The summed E-state index contributed by atoms with van der Waals surface area (Å²) in [7, 11) is 2.04. The Bertz CT molecular complexity index is 745. The predicted octanol–water partition coefficient (Wildman–Crippen LogP) is 2.30. The molecule has 0 aliphatic heterocycles. The SMILES string of the molecule is Cn1c(-c2ccc(C#N)cc2)c[n+]2ccccc12. The summed E-state index contributed by atoms with van der Waals surface area (Å²) in [5, 5.41) is 8.81. The Balaban J connectivity index is 2.19. The van der Waals surface area contributed by atoms with Crippen LogP contribution in [0.1, 0.15) is 5.56 Å². The number of rotatable bonds is 1. The molecule has 3 nitrogen and oxygen atoms in total. The van der Waals surface area contributed by atoms with Gasteiger partial charge in [-0.05, 0) is 30.3 Å². The summed E-state index contributed by atoms with van der Waals surface area (Å²) in [4.78, 5) is 0. The van der Waals surface area contributed by atoms with E-state index in [2.05, 4.69) is 27.3 Å². The highest BCUT2D eigenvalue weighted by molar-refractivity contribution is 5.62. The van der Waals surface area contributed by atoms with E-state index in [4.69, 9.17) is 5.26 Å².